The second kappa shape index (κ2) is 15.0. The first-order valence-corrected chi connectivity index (χ1v) is 15.1. The molecule has 0 radical (unpaired) electrons. The van der Waals surface area contributed by atoms with E-state index in [0.717, 1.165) is 22.3 Å². The van der Waals surface area contributed by atoms with Crippen LogP contribution in [0.3, 0.4) is 0 Å². The number of nitrogens with zero attached hydrogens (tertiary/aromatic N) is 7. The van der Waals surface area contributed by atoms with Crippen molar-refractivity contribution in [3.8, 4) is 28.5 Å². The number of benzene rings is 3. The van der Waals surface area contributed by atoms with Crippen molar-refractivity contribution >= 4 is 17.0 Å². The predicted octanol–water partition coefficient (Wildman–Crippen LogP) is 3.56. The number of ether oxygens (including phenoxy) is 2. The number of nitrogens with one attached hydrogen (secondary N) is 1. The van der Waals surface area contributed by atoms with Crippen molar-refractivity contribution in [1.29, 1.82) is 0 Å². The minimum Gasteiger partial charge on any atom is -0.465 e. The van der Waals surface area contributed by atoms with Gasteiger partial charge in [0.2, 0.25) is 5.82 Å². The molecule has 0 fully saturated rings. The average Bonchev–Trinajstić information content (AvgIpc) is 3.86. The van der Waals surface area contributed by atoms with Crippen molar-refractivity contribution in [2.24, 2.45) is 0 Å². The maximum absolute atomic E-state index is 13.2. The molecule has 0 bridgehead atoms. The fraction of sp³-hybridized carbons (Fsp3) is 0.226. The van der Waals surface area contributed by atoms with Crippen LogP contribution in [-0.2, 0) is 34.0 Å². The maximum Gasteiger partial charge on any atom is 0.519 e. The highest BCUT2D eigenvalue weighted by Crippen LogP contribution is 2.31. The summed E-state index contributed by atoms with van der Waals surface area (Å²) in [6.07, 6.45) is -2.07. The van der Waals surface area contributed by atoms with Crippen LogP contribution < -0.4 is 10.6 Å². The van der Waals surface area contributed by atoms with E-state index >= 15 is 0 Å². The molecule has 0 aliphatic carbocycles. The lowest BCUT2D eigenvalue weighted by atomic mass is 9.98. The van der Waals surface area contributed by atoms with Crippen LogP contribution >= 0.6 is 0 Å². The predicted molar refractivity (Wildman–Crippen MR) is 170 cm³/mol. The van der Waals surface area contributed by atoms with Crippen LogP contribution in [0.2, 0.25) is 0 Å². The molecule has 51 heavy (non-hydrogen) atoms. The number of tetrazole rings is 1. The highest BCUT2D eigenvalue weighted by Gasteiger charge is 2.24. The molecule has 1 N–H and O–H groups in total. The Hall–Kier alpha value is -7.12. The van der Waals surface area contributed by atoms with E-state index in [1.54, 1.807) is 12.1 Å². The van der Waals surface area contributed by atoms with Gasteiger partial charge in [0.05, 0.1) is 29.7 Å². The molecule has 3 heterocycles. The summed E-state index contributed by atoms with van der Waals surface area (Å²) in [6.45, 7) is 1.05. The van der Waals surface area contributed by atoms with E-state index in [2.05, 4.69) is 35.3 Å². The Morgan fingerprint density at radius 1 is 1.00 bits per heavy atom. The minimum absolute atomic E-state index is 0.126. The second-order valence-electron chi connectivity index (χ2n) is 10.6. The lowest BCUT2D eigenvalue weighted by molar-refractivity contribution is -0.790. The third kappa shape index (κ3) is 7.96. The van der Waals surface area contributed by atoms with Gasteiger partial charge in [-0.2, -0.15) is 10.2 Å². The largest absolute Gasteiger partial charge is 0.519 e. The zero-order valence-corrected chi connectivity index (χ0v) is 26.5. The Balaban J connectivity index is 1.20. The van der Waals surface area contributed by atoms with Crippen molar-refractivity contribution < 1.29 is 43.0 Å². The fourth-order valence-electron chi connectivity index (χ4n) is 5.21. The number of carbonyl (C=O) groups excluding carboxylic acids is 1. The highest BCUT2D eigenvalue weighted by molar-refractivity contribution is 5.94. The van der Waals surface area contributed by atoms with E-state index in [1.165, 1.54) is 6.07 Å². The first-order chi connectivity index (χ1) is 24.7. The highest BCUT2D eigenvalue weighted by atomic mass is 17.0. The van der Waals surface area contributed by atoms with Gasteiger partial charge in [0.1, 0.15) is 12.7 Å². The second-order valence-corrected chi connectivity index (χ2v) is 10.6. The first kappa shape index (κ1) is 33.8. The van der Waals surface area contributed by atoms with Gasteiger partial charge in [0.25, 0.3) is 16.2 Å². The van der Waals surface area contributed by atoms with Crippen LogP contribution in [0.5, 0.6) is 6.01 Å². The van der Waals surface area contributed by atoms with Crippen molar-refractivity contribution in [2.45, 2.75) is 32.6 Å². The van der Waals surface area contributed by atoms with E-state index in [-0.39, 0.29) is 17.1 Å². The first-order valence-electron chi connectivity index (χ1n) is 15.1. The fourth-order valence-corrected chi connectivity index (χ4v) is 5.21. The van der Waals surface area contributed by atoms with Crippen molar-refractivity contribution in [3.63, 3.8) is 0 Å². The zero-order valence-electron chi connectivity index (χ0n) is 26.5. The van der Waals surface area contributed by atoms with Gasteiger partial charge in [-0.25, -0.2) is 9.59 Å². The topological polar surface area (TPSA) is 256 Å². The molecule has 0 saturated heterocycles. The number of rotatable bonds is 16. The van der Waals surface area contributed by atoms with Crippen molar-refractivity contribution in [3.05, 3.63) is 120 Å². The summed E-state index contributed by atoms with van der Waals surface area (Å²) in [4.78, 5) is 59.5. The van der Waals surface area contributed by atoms with E-state index in [9.17, 15) is 29.8 Å². The molecule has 20 nitrogen and oxygen atoms in total. The summed E-state index contributed by atoms with van der Waals surface area (Å²) >= 11 is 0. The lowest BCUT2D eigenvalue weighted by Crippen LogP contribution is -2.27. The van der Waals surface area contributed by atoms with Gasteiger partial charge in [0, 0.05) is 12.0 Å². The standard InChI is InChI=1S/C31H26N8O12/c1-2-46-30-32-24-12-11-20(29(40)47-17-27-26(49-31(41)50-27)14-21(51-39(44)45)16-48-38(42)43)13-25(24)37(30)15-18-7-9-19(10-8-18)22-5-3-4-6-23(22)28-33-35-36-34-28/h3-13,21H,2,14-17H2,1H3,(H,33,34,35,36)/t21-/m1/s1. The van der Waals surface area contributed by atoms with Crippen LogP contribution in [-0.4, -0.2) is 65.6 Å². The van der Waals surface area contributed by atoms with Crippen LogP contribution in [0.25, 0.3) is 33.5 Å². The molecule has 262 valence electrons. The van der Waals surface area contributed by atoms with E-state index < -0.39 is 47.7 Å². The number of aromatic nitrogens is 6. The summed E-state index contributed by atoms with van der Waals surface area (Å²) in [5.74, 6) is -2.09. The van der Waals surface area contributed by atoms with Gasteiger partial charge in [0.15, 0.2) is 18.1 Å². The number of esters is 1. The monoisotopic (exact) mass is 702 g/mol. The number of H-pyrrole nitrogens is 1. The molecule has 3 aromatic heterocycles. The molecule has 1 atom stereocenters. The summed E-state index contributed by atoms with van der Waals surface area (Å²) in [6, 6.07) is 20.6. The molecule has 0 aliphatic heterocycles. The average molecular weight is 703 g/mol. The lowest BCUT2D eigenvalue weighted by Gasteiger charge is -2.12. The molecule has 6 aromatic rings. The number of imidazole rings is 1. The number of hydrogen-bond donors (Lipinski definition) is 1. The third-order valence-electron chi connectivity index (χ3n) is 7.41. The molecular formula is C31H26N8O12. The van der Waals surface area contributed by atoms with Crippen LogP contribution in [0.1, 0.15) is 34.4 Å². The molecule has 3 aromatic carbocycles. The molecular weight excluding hydrogens is 676 g/mol. The van der Waals surface area contributed by atoms with Gasteiger partial charge >= 0.3 is 11.8 Å². The Morgan fingerprint density at radius 2 is 1.76 bits per heavy atom. The Bertz CT molecular complexity index is 2230. The van der Waals surface area contributed by atoms with Gasteiger partial charge in [-0.3, -0.25) is 4.57 Å². The van der Waals surface area contributed by atoms with Gasteiger partial charge in [-0.15, -0.1) is 30.4 Å². The number of carbonyl (C=O) groups is 1. The molecule has 0 amide bonds. The van der Waals surface area contributed by atoms with Crippen LogP contribution in [0, 0.1) is 20.2 Å². The molecule has 0 spiro atoms. The quantitative estimate of drug-likeness (QED) is 0.0859. The van der Waals surface area contributed by atoms with E-state index in [1.807, 2.05) is 60.0 Å². The normalized spacial score (nSPS) is 11.6. The van der Waals surface area contributed by atoms with Crippen LogP contribution in [0.15, 0.2) is 80.4 Å². The van der Waals surface area contributed by atoms with Gasteiger partial charge in [-0.05, 0) is 47.0 Å². The van der Waals surface area contributed by atoms with E-state index in [4.69, 9.17) is 18.3 Å². The van der Waals surface area contributed by atoms with Crippen LogP contribution in [0.4, 0.5) is 0 Å². The summed E-state index contributed by atoms with van der Waals surface area (Å²) in [7, 11) is 0. The molecule has 6 rings (SSSR count). The Kier molecular flexibility index (Phi) is 9.91. The molecule has 20 heteroatoms. The summed E-state index contributed by atoms with van der Waals surface area (Å²) in [5, 5.41) is 33.4. The molecule has 0 aliphatic rings. The molecule has 0 unspecified atom stereocenters. The van der Waals surface area contributed by atoms with Crippen molar-refractivity contribution in [1.82, 2.24) is 30.2 Å². The number of hydrogen-bond acceptors (Lipinski definition) is 16. The van der Waals surface area contributed by atoms with E-state index in [0.29, 0.717) is 36.0 Å². The maximum atomic E-state index is 13.2. The summed E-state index contributed by atoms with van der Waals surface area (Å²) in [5.41, 5.74) is 4.84. The Morgan fingerprint density at radius 3 is 2.47 bits per heavy atom. The van der Waals surface area contributed by atoms with Gasteiger partial charge < -0.3 is 28.0 Å². The third-order valence-corrected chi connectivity index (χ3v) is 7.41. The minimum atomic E-state index is -1.54. The summed E-state index contributed by atoms with van der Waals surface area (Å²) < 4.78 is 22.8. The number of aromatic amines is 1. The smallest absolute Gasteiger partial charge is 0.465 e. The Labute approximate surface area is 284 Å². The number of fused-ring (bicyclic) bond motifs is 1. The molecule has 0 saturated carbocycles. The zero-order chi connectivity index (χ0) is 35.9. The van der Waals surface area contributed by atoms with Crippen molar-refractivity contribution in [2.75, 3.05) is 13.2 Å². The van der Waals surface area contributed by atoms with Gasteiger partial charge in [-0.1, -0.05) is 48.5 Å². The SMILES string of the molecule is CCOc1nc2ccc(C(=O)OCc3oc(=O)oc3C[C@H](CO[N+](=O)[O-])O[N+](=O)[O-])cc2n1Cc1ccc(-c2ccccc2-c2nn[nH]n2)cc1.